The van der Waals surface area contributed by atoms with Gasteiger partial charge in [0.25, 0.3) is 0 Å². The van der Waals surface area contributed by atoms with Crippen molar-refractivity contribution < 1.29 is 9.53 Å². The summed E-state index contributed by atoms with van der Waals surface area (Å²) in [6.07, 6.45) is 2.00. The molecule has 2 N–H and O–H groups in total. The maximum atomic E-state index is 11.0. The van der Waals surface area contributed by atoms with Gasteiger partial charge in [-0.1, -0.05) is 54.6 Å². The summed E-state index contributed by atoms with van der Waals surface area (Å²) in [5.41, 5.74) is 4.42. The number of carbonyl (C=O) groups is 1. The quantitative estimate of drug-likeness (QED) is 0.754. The Kier molecular flexibility index (Phi) is 4.91. The third-order valence-corrected chi connectivity index (χ3v) is 3.75. The first-order valence-corrected chi connectivity index (χ1v) is 7.78. The van der Waals surface area contributed by atoms with Gasteiger partial charge in [0, 0.05) is 13.0 Å². The van der Waals surface area contributed by atoms with Crippen molar-refractivity contribution in [2.45, 2.75) is 6.42 Å². The van der Waals surface area contributed by atoms with Gasteiger partial charge in [0.2, 0.25) is 0 Å². The third kappa shape index (κ3) is 3.81. The number of H-pyrrole nitrogens is 1. The summed E-state index contributed by atoms with van der Waals surface area (Å²) in [4.78, 5) is 18.6. The zero-order valence-corrected chi connectivity index (χ0v) is 13.5. The molecule has 1 aromatic heterocycles. The van der Waals surface area contributed by atoms with E-state index in [1.165, 1.54) is 18.2 Å². The zero-order valence-electron chi connectivity index (χ0n) is 13.5. The molecule has 0 saturated heterocycles. The number of aromatic amines is 1. The molecule has 0 bridgehead atoms. The van der Waals surface area contributed by atoms with E-state index < -0.39 is 6.09 Å². The van der Waals surface area contributed by atoms with Gasteiger partial charge < -0.3 is 15.0 Å². The number of alkyl carbamates (subject to hydrolysis) is 1. The number of rotatable bonds is 5. The van der Waals surface area contributed by atoms with Crippen LogP contribution in [0.15, 0.2) is 60.8 Å². The highest BCUT2D eigenvalue weighted by Gasteiger charge is 2.05. The molecule has 0 aliphatic rings. The molecular formula is C19H19N3O2. The molecule has 24 heavy (non-hydrogen) atoms. The van der Waals surface area contributed by atoms with Crippen molar-refractivity contribution in [3.63, 3.8) is 0 Å². The number of nitrogens with zero attached hydrogens (tertiary/aromatic N) is 1. The van der Waals surface area contributed by atoms with Crippen LogP contribution in [0, 0.1) is 0 Å². The molecule has 3 aromatic rings. The lowest BCUT2D eigenvalue weighted by atomic mass is 10.0. The fourth-order valence-corrected chi connectivity index (χ4v) is 2.46. The van der Waals surface area contributed by atoms with Crippen LogP contribution in [0.25, 0.3) is 22.4 Å². The smallest absolute Gasteiger partial charge is 0.406 e. The summed E-state index contributed by atoms with van der Waals surface area (Å²) in [7, 11) is 1.35. The van der Waals surface area contributed by atoms with Crippen LogP contribution in [0.3, 0.4) is 0 Å². The van der Waals surface area contributed by atoms with Crippen molar-refractivity contribution in [3.05, 3.63) is 66.6 Å². The van der Waals surface area contributed by atoms with E-state index in [1.54, 1.807) is 0 Å². The number of ether oxygens (including phenoxy) is 1. The van der Waals surface area contributed by atoms with E-state index >= 15 is 0 Å². The van der Waals surface area contributed by atoms with E-state index in [2.05, 4.69) is 56.4 Å². The summed E-state index contributed by atoms with van der Waals surface area (Å²) in [5, 5.41) is 2.63. The largest absolute Gasteiger partial charge is 0.453 e. The molecule has 0 saturated carbocycles. The number of hydrogen-bond donors (Lipinski definition) is 2. The Balaban J connectivity index is 1.66. The first-order chi connectivity index (χ1) is 11.8. The van der Waals surface area contributed by atoms with Crippen molar-refractivity contribution in [1.82, 2.24) is 15.3 Å². The fraction of sp³-hybridized carbons (Fsp3) is 0.158. The summed E-state index contributed by atoms with van der Waals surface area (Å²) >= 11 is 0. The normalized spacial score (nSPS) is 10.4. The lowest BCUT2D eigenvalue weighted by Crippen LogP contribution is -2.25. The van der Waals surface area contributed by atoms with Crippen LogP contribution in [0.2, 0.25) is 0 Å². The van der Waals surface area contributed by atoms with Crippen molar-refractivity contribution in [2.75, 3.05) is 13.7 Å². The average Bonchev–Trinajstić information content (AvgIpc) is 3.11. The Morgan fingerprint density at radius 3 is 2.42 bits per heavy atom. The Morgan fingerprint density at radius 2 is 1.71 bits per heavy atom. The monoisotopic (exact) mass is 321 g/mol. The van der Waals surface area contributed by atoms with Gasteiger partial charge in [-0.25, -0.2) is 9.78 Å². The molecular weight excluding hydrogens is 302 g/mol. The molecule has 5 heteroatoms. The number of amides is 1. The number of nitrogens with one attached hydrogen (secondary N) is 2. The lowest BCUT2D eigenvalue weighted by molar-refractivity contribution is 0.171. The Bertz CT molecular complexity index is 795. The maximum absolute atomic E-state index is 11.0. The summed E-state index contributed by atoms with van der Waals surface area (Å²) in [5.74, 6) is 0.827. The Hall–Kier alpha value is -3.08. The second-order valence-corrected chi connectivity index (χ2v) is 5.36. The number of hydrogen-bond acceptors (Lipinski definition) is 3. The fourth-order valence-electron chi connectivity index (χ4n) is 2.46. The lowest BCUT2D eigenvalue weighted by Gasteiger charge is -2.03. The number of benzene rings is 2. The summed E-state index contributed by atoms with van der Waals surface area (Å²) in [6, 6.07) is 18.6. The number of imidazole rings is 1. The first kappa shape index (κ1) is 15.8. The van der Waals surface area contributed by atoms with Crippen LogP contribution in [-0.4, -0.2) is 29.7 Å². The van der Waals surface area contributed by atoms with Gasteiger partial charge in [0.05, 0.1) is 19.0 Å². The molecule has 0 aliphatic heterocycles. The highest BCUT2D eigenvalue weighted by Crippen LogP contribution is 2.23. The van der Waals surface area contributed by atoms with Crippen LogP contribution in [0.1, 0.15) is 5.82 Å². The van der Waals surface area contributed by atoms with E-state index in [4.69, 9.17) is 0 Å². The third-order valence-electron chi connectivity index (χ3n) is 3.75. The van der Waals surface area contributed by atoms with Crippen LogP contribution in [0.4, 0.5) is 4.79 Å². The number of methoxy groups -OCH3 is 1. The minimum Gasteiger partial charge on any atom is -0.453 e. The molecule has 1 amide bonds. The van der Waals surface area contributed by atoms with Gasteiger partial charge in [-0.05, 0) is 16.7 Å². The van der Waals surface area contributed by atoms with Crippen molar-refractivity contribution in [3.8, 4) is 22.4 Å². The van der Waals surface area contributed by atoms with Crippen LogP contribution in [0.5, 0.6) is 0 Å². The molecule has 0 atom stereocenters. The molecule has 5 nitrogen and oxygen atoms in total. The molecule has 0 aliphatic carbocycles. The van der Waals surface area contributed by atoms with E-state index in [-0.39, 0.29) is 0 Å². The molecule has 3 rings (SSSR count). The highest BCUT2D eigenvalue weighted by molar-refractivity contribution is 5.68. The predicted molar refractivity (Wildman–Crippen MR) is 93.6 cm³/mol. The molecule has 0 fully saturated rings. The summed E-state index contributed by atoms with van der Waals surface area (Å²) < 4.78 is 4.53. The average molecular weight is 321 g/mol. The number of aromatic nitrogens is 2. The van der Waals surface area contributed by atoms with Gasteiger partial charge >= 0.3 is 6.09 Å². The number of carbonyl (C=O) groups excluding carboxylic acids is 1. The minimum absolute atomic E-state index is 0.432. The van der Waals surface area contributed by atoms with Crippen LogP contribution in [-0.2, 0) is 11.2 Å². The standard InChI is InChI=1S/C19H19N3O2/c1-24-19(23)20-12-11-18-21-13-17(22-18)16-9-7-15(8-10-16)14-5-3-2-4-6-14/h2-10,13H,11-12H2,1H3,(H,20,23)(H,21,22). The van der Waals surface area contributed by atoms with E-state index in [0.29, 0.717) is 13.0 Å². The molecule has 0 spiro atoms. The Labute approximate surface area is 140 Å². The van der Waals surface area contributed by atoms with Crippen molar-refractivity contribution in [2.24, 2.45) is 0 Å². The van der Waals surface area contributed by atoms with Gasteiger partial charge in [-0.15, -0.1) is 0 Å². The SMILES string of the molecule is COC(=O)NCCc1ncc(-c2ccc(-c3ccccc3)cc2)[nH]1. The van der Waals surface area contributed by atoms with E-state index in [0.717, 1.165) is 17.1 Å². The maximum Gasteiger partial charge on any atom is 0.406 e. The first-order valence-electron chi connectivity index (χ1n) is 7.78. The summed E-state index contributed by atoms with van der Waals surface area (Å²) in [6.45, 7) is 0.479. The molecule has 122 valence electrons. The minimum atomic E-state index is -0.432. The highest BCUT2D eigenvalue weighted by atomic mass is 16.5. The van der Waals surface area contributed by atoms with Gasteiger partial charge in [-0.3, -0.25) is 0 Å². The van der Waals surface area contributed by atoms with Gasteiger partial charge in [0.1, 0.15) is 5.82 Å². The predicted octanol–water partition coefficient (Wildman–Crippen LogP) is 3.64. The second-order valence-electron chi connectivity index (χ2n) is 5.36. The Morgan fingerprint density at radius 1 is 1.04 bits per heavy atom. The van der Waals surface area contributed by atoms with Gasteiger partial charge in [0.15, 0.2) is 0 Å². The van der Waals surface area contributed by atoms with Crippen LogP contribution < -0.4 is 5.32 Å². The van der Waals surface area contributed by atoms with E-state index in [9.17, 15) is 4.79 Å². The van der Waals surface area contributed by atoms with Crippen molar-refractivity contribution >= 4 is 6.09 Å². The topological polar surface area (TPSA) is 67.0 Å². The molecule has 0 unspecified atom stereocenters. The van der Waals surface area contributed by atoms with E-state index in [1.807, 2.05) is 24.4 Å². The van der Waals surface area contributed by atoms with Crippen molar-refractivity contribution in [1.29, 1.82) is 0 Å². The van der Waals surface area contributed by atoms with Gasteiger partial charge in [-0.2, -0.15) is 0 Å². The van der Waals surface area contributed by atoms with Crippen LogP contribution >= 0.6 is 0 Å². The second kappa shape index (κ2) is 7.46. The zero-order chi connectivity index (χ0) is 16.8. The molecule has 0 radical (unpaired) electrons. The molecule has 2 aromatic carbocycles. The molecule has 1 heterocycles.